The second-order valence-corrected chi connectivity index (χ2v) is 8.66. The van der Waals surface area contributed by atoms with Crippen molar-refractivity contribution in [3.05, 3.63) is 30.1 Å². The second-order valence-electron chi connectivity index (χ2n) is 8.66. The number of hydrogen-bond donors (Lipinski definition) is 2. The number of pyridine rings is 1. The van der Waals surface area contributed by atoms with E-state index in [4.69, 9.17) is 19.8 Å². The molecule has 2 N–H and O–H groups in total. The highest BCUT2D eigenvalue weighted by Crippen LogP contribution is 2.35. The number of amides is 2. The van der Waals surface area contributed by atoms with E-state index in [1.807, 2.05) is 41.1 Å². The molecule has 0 aliphatic carbocycles. The van der Waals surface area contributed by atoms with Crippen LogP contribution in [0.2, 0.25) is 0 Å². The maximum atomic E-state index is 12.3. The van der Waals surface area contributed by atoms with E-state index in [0.29, 0.717) is 19.5 Å². The van der Waals surface area contributed by atoms with Gasteiger partial charge in [0.1, 0.15) is 0 Å². The first kappa shape index (κ1) is 32.6. The van der Waals surface area contributed by atoms with Crippen LogP contribution in [0.15, 0.2) is 24.4 Å². The molecule has 3 heterocycles. The van der Waals surface area contributed by atoms with Gasteiger partial charge in [0.25, 0.3) is 0 Å². The van der Waals surface area contributed by atoms with Crippen molar-refractivity contribution in [2.24, 2.45) is 5.41 Å². The second kappa shape index (κ2) is 13.4. The predicted molar refractivity (Wildman–Crippen MR) is 118 cm³/mol. The normalized spacial score (nSPS) is 20.2. The van der Waals surface area contributed by atoms with E-state index < -0.39 is 24.3 Å². The molecule has 0 saturated carbocycles. The number of carboxylic acid groups (broad SMARTS) is 2. The van der Waals surface area contributed by atoms with Gasteiger partial charge in [-0.2, -0.15) is 26.3 Å². The van der Waals surface area contributed by atoms with E-state index in [1.165, 1.54) is 0 Å². The summed E-state index contributed by atoms with van der Waals surface area (Å²) in [6.45, 7) is 8.90. The van der Waals surface area contributed by atoms with Crippen LogP contribution in [-0.4, -0.2) is 105 Å². The summed E-state index contributed by atoms with van der Waals surface area (Å²) in [5.41, 5.74) is 0.866. The number of hydrogen-bond acceptors (Lipinski definition) is 6. The van der Waals surface area contributed by atoms with Gasteiger partial charge >= 0.3 is 24.3 Å². The number of carbonyl (C=O) groups is 4. The molecule has 1 atom stereocenters. The van der Waals surface area contributed by atoms with Crippen LogP contribution in [-0.2, 0) is 25.7 Å². The zero-order valence-corrected chi connectivity index (χ0v) is 20.6. The van der Waals surface area contributed by atoms with Crippen LogP contribution >= 0.6 is 0 Å². The minimum Gasteiger partial charge on any atom is -0.475 e. The standard InChI is InChI=1S/C18H26N4O2.2C2HF3O2/c1-3-21-13-18(10-17(21)24)12-20(8-9-22(14-18)15(2)23)11-16-6-4-5-7-19-16;2*3-2(4,5)1(6)7/h4-7H,3,8-14H2,1-2H3;2*(H,6,7). The van der Waals surface area contributed by atoms with Gasteiger partial charge in [0.05, 0.1) is 5.69 Å². The maximum absolute atomic E-state index is 12.3. The molecule has 2 aliphatic heterocycles. The molecule has 3 rings (SSSR count). The third kappa shape index (κ3) is 10.5. The fourth-order valence-corrected chi connectivity index (χ4v) is 3.96. The van der Waals surface area contributed by atoms with E-state index in [9.17, 15) is 35.9 Å². The Kier molecular flexibility index (Phi) is 11.5. The molecule has 214 valence electrons. The molecule has 2 fully saturated rings. The van der Waals surface area contributed by atoms with Gasteiger partial charge in [-0.25, -0.2) is 9.59 Å². The molecule has 2 amide bonds. The molecule has 2 saturated heterocycles. The largest absolute Gasteiger partial charge is 0.490 e. The van der Waals surface area contributed by atoms with Crippen molar-refractivity contribution < 1.29 is 55.7 Å². The average Bonchev–Trinajstić information content (AvgIpc) is 2.99. The van der Waals surface area contributed by atoms with Crippen LogP contribution in [0.1, 0.15) is 26.0 Å². The lowest BCUT2D eigenvalue weighted by molar-refractivity contribution is -0.193. The van der Waals surface area contributed by atoms with Gasteiger partial charge in [0, 0.05) is 70.8 Å². The molecule has 1 unspecified atom stereocenters. The van der Waals surface area contributed by atoms with Crippen molar-refractivity contribution >= 4 is 23.8 Å². The quantitative estimate of drug-likeness (QED) is 0.541. The highest BCUT2D eigenvalue weighted by atomic mass is 19.4. The Bertz CT molecular complexity index is 951. The van der Waals surface area contributed by atoms with Gasteiger partial charge in [-0.3, -0.25) is 19.5 Å². The number of alkyl halides is 6. The summed E-state index contributed by atoms with van der Waals surface area (Å²) in [6.07, 6.45) is -7.83. The summed E-state index contributed by atoms with van der Waals surface area (Å²) < 4.78 is 63.5. The molecule has 1 spiro atoms. The zero-order chi connectivity index (χ0) is 29.3. The Balaban J connectivity index is 0.000000426. The van der Waals surface area contributed by atoms with Gasteiger partial charge in [-0.15, -0.1) is 0 Å². The first-order valence-electron chi connectivity index (χ1n) is 11.2. The van der Waals surface area contributed by atoms with Gasteiger partial charge < -0.3 is 20.0 Å². The first-order valence-corrected chi connectivity index (χ1v) is 11.2. The molecule has 0 radical (unpaired) electrons. The van der Waals surface area contributed by atoms with Crippen molar-refractivity contribution in [3.8, 4) is 0 Å². The number of nitrogens with zero attached hydrogens (tertiary/aromatic N) is 4. The number of aromatic nitrogens is 1. The Hall–Kier alpha value is -3.43. The lowest BCUT2D eigenvalue weighted by Gasteiger charge is -2.33. The summed E-state index contributed by atoms with van der Waals surface area (Å²) in [5, 5.41) is 14.2. The van der Waals surface area contributed by atoms with Crippen LogP contribution in [0.4, 0.5) is 26.3 Å². The number of aliphatic carboxylic acids is 2. The van der Waals surface area contributed by atoms with Gasteiger partial charge in [0.2, 0.25) is 11.8 Å². The average molecular weight is 558 g/mol. The Labute approximate surface area is 213 Å². The Morgan fingerprint density at radius 2 is 1.53 bits per heavy atom. The summed E-state index contributed by atoms with van der Waals surface area (Å²) in [4.78, 5) is 52.7. The fourth-order valence-electron chi connectivity index (χ4n) is 3.96. The van der Waals surface area contributed by atoms with Crippen LogP contribution in [0, 0.1) is 5.41 Å². The third-order valence-electron chi connectivity index (χ3n) is 5.60. The molecule has 10 nitrogen and oxygen atoms in total. The SMILES string of the molecule is CCN1CC2(CC1=O)CN(Cc1ccccn1)CCN(C(C)=O)C2.O=C(O)C(F)(F)F.O=C(O)C(F)(F)F. The van der Waals surface area contributed by atoms with E-state index in [-0.39, 0.29) is 17.2 Å². The monoisotopic (exact) mass is 558 g/mol. The maximum Gasteiger partial charge on any atom is 0.490 e. The number of carbonyl (C=O) groups excluding carboxylic acids is 2. The molecular formula is C22H28F6N4O6. The number of carboxylic acids is 2. The predicted octanol–water partition coefficient (Wildman–Crippen LogP) is 2.25. The van der Waals surface area contributed by atoms with E-state index in [2.05, 4.69) is 9.88 Å². The smallest absolute Gasteiger partial charge is 0.475 e. The van der Waals surface area contributed by atoms with Gasteiger partial charge in [-0.05, 0) is 19.1 Å². The number of likely N-dealkylation sites (tertiary alicyclic amines) is 1. The Morgan fingerprint density at radius 3 is 1.92 bits per heavy atom. The summed E-state index contributed by atoms with van der Waals surface area (Å²) in [6, 6.07) is 5.94. The molecular weight excluding hydrogens is 530 g/mol. The summed E-state index contributed by atoms with van der Waals surface area (Å²) >= 11 is 0. The minimum absolute atomic E-state index is 0.0939. The fraction of sp³-hybridized carbons (Fsp3) is 0.591. The molecule has 0 bridgehead atoms. The highest BCUT2D eigenvalue weighted by Gasteiger charge is 2.46. The molecule has 1 aromatic rings. The third-order valence-corrected chi connectivity index (χ3v) is 5.60. The molecule has 1 aromatic heterocycles. The number of halogens is 6. The minimum atomic E-state index is -5.08. The Morgan fingerprint density at radius 1 is 0.974 bits per heavy atom. The lowest BCUT2D eigenvalue weighted by atomic mass is 9.86. The molecule has 0 aromatic carbocycles. The van der Waals surface area contributed by atoms with E-state index >= 15 is 0 Å². The van der Waals surface area contributed by atoms with Crippen LogP contribution in [0.5, 0.6) is 0 Å². The van der Waals surface area contributed by atoms with Crippen molar-refractivity contribution in [2.45, 2.75) is 39.2 Å². The van der Waals surface area contributed by atoms with Crippen LogP contribution in [0.25, 0.3) is 0 Å². The van der Waals surface area contributed by atoms with Crippen LogP contribution < -0.4 is 0 Å². The topological polar surface area (TPSA) is 131 Å². The first-order chi connectivity index (χ1) is 17.4. The van der Waals surface area contributed by atoms with Crippen molar-refractivity contribution in [1.82, 2.24) is 19.7 Å². The van der Waals surface area contributed by atoms with Crippen LogP contribution in [0.3, 0.4) is 0 Å². The number of rotatable bonds is 3. The molecule has 38 heavy (non-hydrogen) atoms. The van der Waals surface area contributed by atoms with Crippen molar-refractivity contribution in [1.29, 1.82) is 0 Å². The van der Waals surface area contributed by atoms with Crippen molar-refractivity contribution in [3.63, 3.8) is 0 Å². The van der Waals surface area contributed by atoms with Gasteiger partial charge in [-0.1, -0.05) is 6.07 Å². The summed E-state index contributed by atoms with van der Waals surface area (Å²) in [7, 11) is 0. The van der Waals surface area contributed by atoms with Gasteiger partial charge in [0.15, 0.2) is 0 Å². The zero-order valence-electron chi connectivity index (χ0n) is 20.6. The lowest BCUT2D eigenvalue weighted by Crippen LogP contribution is -2.44. The molecule has 2 aliphatic rings. The van der Waals surface area contributed by atoms with E-state index in [1.54, 1.807) is 6.92 Å². The van der Waals surface area contributed by atoms with Crippen molar-refractivity contribution in [2.75, 3.05) is 39.3 Å². The molecule has 16 heteroatoms. The summed E-state index contributed by atoms with van der Waals surface area (Å²) in [5.74, 6) is -5.21. The highest BCUT2D eigenvalue weighted by molar-refractivity contribution is 5.80. The van der Waals surface area contributed by atoms with E-state index in [0.717, 1.165) is 38.4 Å².